The first-order chi connectivity index (χ1) is 9.48. The molecule has 2 unspecified atom stereocenters. The van der Waals surface area contributed by atoms with E-state index >= 15 is 0 Å². The van der Waals surface area contributed by atoms with E-state index in [1.807, 2.05) is 6.92 Å². The number of ether oxygens (including phenoxy) is 1. The van der Waals surface area contributed by atoms with Crippen LogP contribution in [0.3, 0.4) is 0 Å². The maximum absolute atomic E-state index is 11.3. The minimum Gasteiger partial charge on any atom is -0.480 e. The lowest BCUT2D eigenvalue weighted by molar-refractivity contribution is -0.144. The van der Waals surface area contributed by atoms with Crippen LogP contribution < -0.4 is 5.32 Å². The lowest BCUT2D eigenvalue weighted by Gasteiger charge is -2.29. The van der Waals surface area contributed by atoms with Crippen LogP contribution >= 0.6 is 0 Å². The average Bonchev–Trinajstić information content (AvgIpc) is 2.40. The van der Waals surface area contributed by atoms with Gasteiger partial charge in [-0.15, -0.1) is 0 Å². The summed E-state index contributed by atoms with van der Waals surface area (Å²) in [5, 5.41) is 12.4. The van der Waals surface area contributed by atoms with Crippen molar-refractivity contribution in [3.63, 3.8) is 0 Å². The standard InChI is InChI=1S/C15H30N2O3/c1-4-16-15(2,14(18)19)8-6-9-17(3)11-13-7-5-10-20-12-13/h13,16H,4-12H2,1-3H3,(H,18,19). The second-order valence-electron chi connectivity index (χ2n) is 6.12. The molecule has 5 nitrogen and oxygen atoms in total. The Labute approximate surface area is 122 Å². The quantitative estimate of drug-likeness (QED) is 0.674. The van der Waals surface area contributed by atoms with Gasteiger partial charge in [-0.05, 0) is 58.7 Å². The second kappa shape index (κ2) is 8.60. The summed E-state index contributed by atoms with van der Waals surface area (Å²) in [6, 6.07) is 0. The van der Waals surface area contributed by atoms with Crippen LogP contribution in [0.2, 0.25) is 0 Å². The van der Waals surface area contributed by atoms with Crippen molar-refractivity contribution in [1.82, 2.24) is 10.2 Å². The summed E-state index contributed by atoms with van der Waals surface area (Å²) < 4.78 is 5.49. The number of nitrogens with one attached hydrogen (secondary N) is 1. The van der Waals surface area contributed by atoms with Gasteiger partial charge in [0.15, 0.2) is 0 Å². The molecule has 0 aromatic rings. The van der Waals surface area contributed by atoms with E-state index in [2.05, 4.69) is 17.3 Å². The monoisotopic (exact) mass is 286 g/mol. The Hall–Kier alpha value is -0.650. The summed E-state index contributed by atoms with van der Waals surface area (Å²) in [5.74, 6) is -0.129. The number of hydrogen-bond donors (Lipinski definition) is 2. The van der Waals surface area contributed by atoms with Crippen LogP contribution in [0.15, 0.2) is 0 Å². The third-order valence-electron chi connectivity index (χ3n) is 4.08. The van der Waals surface area contributed by atoms with Crippen molar-refractivity contribution >= 4 is 5.97 Å². The molecule has 1 heterocycles. The van der Waals surface area contributed by atoms with Crippen molar-refractivity contribution in [2.75, 3.05) is 39.9 Å². The van der Waals surface area contributed by atoms with Gasteiger partial charge >= 0.3 is 5.97 Å². The Balaban J connectivity index is 2.25. The molecule has 0 bridgehead atoms. The van der Waals surface area contributed by atoms with Crippen molar-refractivity contribution in [2.24, 2.45) is 5.92 Å². The fourth-order valence-corrected chi connectivity index (χ4v) is 2.85. The second-order valence-corrected chi connectivity index (χ2v) is 6.12. The molecule has 1 aliphatic heterocycles. The van der Waals surface area contributed by atoms with Gasteiger partial charge in [-0.25, -0.2) is 0 Å². The Morgan fingerprint density at radius 1 is 1.55 bits per heavy atom. The first-order valence-electron chi connectivity index (χ1n) is 7.72. The molecule has 0 saturated carbocycles. The molecule has 2 atom stereocenters. The zero-order valence-electron chi connectivity index (χ0n) is 13.2. The Kier molecular flexibility index (Phi) is 7.48. The van der Waals surface area contributed by atoms with Gasteiger partial charge in [0.1, 0.15) is 5.54 Å². The molecule has 1 aliphatic rings. The minimum atomic E-state index is -0.802. The molecule has 0 amide bonds. The predicted octanol–water partition coefficient (Wildman–Crippen LogP) is 1.58. The van der Waals surface area contributed by atoms with Gasteiger partial charge in [0.2, 0.25) is 0 Å². The van der Waals surface area contributed by atoms with Crippen molar-refractivity contribution in [2.45, 2.75) is 45.1 Å². The molecule has 0 aliphatic carbocycles. The molecule has 0 aromatic heterocycles. The molecular weight excluding hydrogens is 256 g/mol. The van der Waals surface area contributed by atoms with Crippen molar-refractivity contribution in [1.29, 1.82) is 0 Å². The van der Waals surface area contributed by atoms with E-state index in [1.54, 1.807) is 6.92 Å². The van der Waals surface area contributed by atoms with E-state index < -0.39 is 11.5 Å². The molecule has 0 aromatic carbocycles. The van der Waals surface area contributed by atoms with Crippen LogP contribution in [0, 0.1) is 5.92 Å². The molecule has 0 spiro atoms. The summed E-state index contributed by atoms with van der Waals surface area (Å²) in [6.45, 7) is 8.15. The molecule has 2 N–H and O–H groups in total. The molecule has 1 rings (SSSR count). The topological polar surface area (TPSA) is 61.8 Å². The Bertz CT molecular complexity index is 293. The minimum absolute atomic E-state index is 0.633. The number of likely N-dealkylation sites (N-methyl/N-ethyl adjacent to an activating group) is 1. The fraction of sp³-hybridized carbons (Fsp3) is 0.933. The lowest BCUT2D eigenvalue weighted by Crippen LogP contribution is -2.49. The van der Waals surface area contributed by atoms with E-state index in [-0.39, 0.29) is 0 Å². The number of nitrogens with zero attached hydrogens (tertiary/aromatic N) is 1. The van der Waals surface area contributed by atoms with Gasteiger partial charge in [-0.2, -0.15) is 0 Å². The summed E-state index contributed by atoms with van der Waals surface area (Å²) in [6.07, 6.45) is 3.95. The summed E-state index contributed by atoms with van der Waals surface area (Å²) in [5.41, 5.74) is -0.802. The van der Waals surface area contributed by atoms with Gasteiger partial charge in [0.05, 0.1) is 6.61 Å². The molecule has 20 heavy (non-hydrogen) atoms. The largest absolute Gasteiger partial charge is 0.480 e. The van der Waals surface area contributed by atoms with Crippen molar-refractivity contribution in [3.8, 4) is 0 Å². The molecular formula is C15H30N2O3. The molecule has 5 heteroatoms. The highest BCUT2D eigenvalue weighted by atomic mass is 16.5. The van der Waals surface area contributed by atoms with Crippen LogP contribution in [0.25, 0.3) is 0 Å². The molecule has 1 fully saturated rings. The normalized spacial score (nSPS) is 22.7. The van der Waals surface area contributed by atoms with E-state index in [9.17, 15) is 9.90 Å². The first-order valence-corrected chi connectivity index (χ1v) is 7.72. The van der Waals surface area contributed by atoms with Crippen LogP contribution in [-0.4, -0.2) is 61.4 Å². The highest BCUT2D eigenvalue weighted by Gasteiger charge is 2.31. The van der Waals surface area contributed by atoms with Gasteiger partial charge in [0, 0.05) is 13.2 Å². The predicted molar refractivity (Wildman–Crippen MR) is 80.0 cm³/mol. The SMILES string of the molecule is CCNC(C)(CCCN(C)CC1CCCOC1)C(=O)O. The van der Waals surface area contributed by atoms with Crippen LogP contribution in [0.5, 0.6) is 0 Å². The van der Waals surface area contributed by atoms with E-state index in [0.717, 1.165) is 39.1 Å². The van der Waals surface area contributed by atoms with Crippen LogP contribution in [-0.2, 0) is 9.53 Å². The third kappa shape index (κ3) is 5.77. The third-order valence-corrected chi connectivity index (χ3v) is 4.08. The number of carboxylic acids is 1. The van der Waals surface area contributed by atoms with Gasteiger partial charge < -0.3 is 20.1 Å². The number of aliphatic carboxylic acids is 1. The lowest BCUT2D eigenvalue weighted by atomic mass is 9.95. The van der Waals surface area contributed by atoms with Gasteiger partial charge in [-0.3, -0.25) is 4.79 Å². The summed E-state index contributed by atoms with van der Waals surface area (Å²) >= 11 is 0. The average molecular weight is 286 g/mol. The molecule has 0 radical (unpaired) electrons. The van der Waals surface area contributed by atoms with Crippen molar-refractivity contribution in [3.05, 3.63) is 0 Å². The van der Waals surface area contributed by atoms with Crippen LogP contribution in [0.1, 0.15) is 39.5 Å². The van der Waals surface area contributed by atoms with E-state index in [4.69, 9.17) is 4.74 Å². The molecule has 1 saturated heterocycles. The zero-order chi connectivity index (χ0) is 15.0. The Morgan fingerprint density at radius 3 is 2.85 bits per heavy atom. The summed E-state index contributed by atoms with van der Waals surface area (Å²) in [4.78, 5) is 13.6. The maximum Gasteiger partial charge on any atom is 0.323 e. The van der Waals surface area contributed by atoms with E-state index in [0.29, 0.717) is 18.9 Å². The van der Waals surface area contributed by atoms with Gasteiger partial charge in [0.25, 0.3) is 0 Å². The number of carboxylic acid groups (broad SMARTS) is 1. The smallest absolute Gasteiger partial charge is 0.323 e. The zero-order valence-corrected chi connectivity index (χ0v) is 13.2. The van der Waals surface area contributed by atoms with E-state index in [1.165, 1.54) is 6.42 Å². The number of hydrogen-bond acceptors (Lipinski definition) is 4. The van der Waals surface area contributed by atoms with Crippen LogP contribution in [0.4, 0.5) is 0 Å². The van der Waals surface area contributed by atoms with Gasteiger partial charge in [-0.1, -0.05) is 6.92 Å². The molecule has 118 valence electrons. The number of rotatable bonds is 9. The maximum atomic E-state index is 11.3. The highest BCUT2D eigenvalue weighted by molar-refractivity contribution is 5.78. The highest BCUT2D eigenvalue weighted by Crippen LogP contribution is 2.16. The summed E-state index contributed by atoms with van der Waals surface area (Å²) in [7, 11) is 2.11. The first kappa shape index (κ1) is 17.4. The number of carbonyl (C=O) groups is 1. The van der Waals surface area contributed by atoms with Crippen molar-refractivity contribution < 1.29 is 14.6 Å². The Morgan fingerprint density at radius 2 is 2.30 bits per heavy atom. The fourth-order valence-electron chi connectivity index (χ4n) is 2.85.